The minimum atomic E-state index is 0.279. The van der Waals surface area contributed by atoms with Gasteiger partial charge in [0.1, 0.15) is 0 Å². The Hall–Kier alpha value is -0.160. The van der Waals surface area contributed by atoms with Crippen LogP contribution in [-0.4, -0.2) is 87.3 Å². The molecule has 0 spiro atoms. The Balaban J connectivity index is 3.54. The minimum absolute atomic E-state index is 0.279. The molecule has 4 nitrogen and oxygen atoms in total. The molecule has 0 rings (SSSR count). The van der Waals surface area contributed by atoms with E-state index in [2.05, 4.69) is 49.8 Å². The Morgan fingerprint density at radius 3 is 1.88 bits per heavy atom. The predicted octanol–water partition coefficient (Wildman–Crippen LogP) is 0.0400. The molecule has 0 aromatic carbocycles. The second kappa shape index (κ2) is 8.93. The molecule has 0 radical (unpaired) electrons. The summed E-state index contributed by atoms with van der Waals surface area (Å²) in [5, 5.41) is 8.96. The zero-order valence-electron chi connectivity index (χ0n) is 11.6. The van der Waals surface area contributed by atoms with Gasteiger partial charge in [-0.2, -0.15) is 0 Å². The molecule has 0 amide bonds. The van der Waals surface area contributed by atoms with E-state index >= 15 is 0 Å². The van der Waals surface area contributed by atoms with Gasteiger partial charge in [0.25, 0.3) is 0 Å². The molecule has 0 aromatic rings. The van der Waals surface area contributed by atoms with Gasteiger partial charge >= 0.3 is 0 Å². The van der Waals surface area contributed by atoms with Crippen LogP contribution in [0.15, 0.2) is 0 Å². The van der Waals surface area contributed by atoms with E-state index in [1.165, 1.54) is 0 Å². The lowest BCUT2D eigenvalue weighted by atomic mass is 10.2. The Morgan fingerprint density at radius 1 is 0.875 bits per heavy atom. The normalized spacial score (nSPS) is 14.1. The summed E-state index contributed by atoms with van der Waals surface area (Å²) in [5.41, 5.74) is 0. The SMILES string of the molecule is CC(CO)CN(C)CCN(C)CCN(C)C. The third-order valence-corrected chi connectivity index (χ3v) is 2.73. The molecule has 0 aromatic heterocycles. The molecule has 98 valence electrons. The predicted molar refractivity (Wildman–Crippen MR) is 69.8 cm³/mol. The van der Waals surface area contributed by atoms with E-state index in [0.717, 1.165) is 32.7 Å². The maximum Gasteiger partial charge on any atom is 0.0468 e. The number of hydrogen-bond acceptors (Lipinski definition) is 4. The molecule has 0 aliphatic heterocycles. The number of nitrogens with zero attached hydrogens (tertiary/aromatic N) is 3. The summed E-state index contributed by atoms with van der Waals surface area (Å²) in [5.74, 6) is 0.372. The molecular formula is C12H29N3O. The maximum atomic E-state index is 8.96. The van der Waals surface area contributed by atoms with Gasteiger partial charge in [-0.3, -0.25) is 0 Å². The molecule has 1 N–H and O–H groups in total. The molecule has 0 aliphatic rings. The molecule has 4 heteroatoms. The minimum Gasteiger partial charge on any atom is -0.396 e. The monoisotopic (exact) mass is 231 g/mol. The molecular weight excluding hydrogens is 202 g/mol. The first-order valence-electron chi connectivity index (χ1n) is 6.08. The lowest BCUT2D eigenvalue weighted by Crippen LogP contribution is -2.36. The van der Waals surface area contributed by atoms with Crippen LogP contribution in [0.4, 0.5) is 0 Å². The largest absolute Gasteiger partial charge is 0.396 e. The highest BCUT2D eigenvalue weighted by molar-refractivity contribution is 4.61. The Labute approximate surface area is 101 Å². The lowest BCUT2D eigenvalue weighted by Gasteiger charge is -2.24. The van der Waals surface area contributed by atoms with E-state index in [1.807, 2.05) is 0 Å². The van der Waals surface area contributed by atoms with Crippen molar-refractivity contribution < 1.29 is 5.11 Å². The highest BCUT2D eigenvalue weighted by Gasteiger charge is 2.06. The van der Waals surface area contributed by atoms with Crippen LogP contribution in [0.1, 0.15) is 6.92 Å². The van der Waals surface area contributed by atoms with Crippen molar-refractivity contribution in [2.45, 2.75) is 6.92 Å². The van der Waals surface area contributed by atoms with Crippen molar-refractivity contribution in [3.8, 4) is 0 Å². The fraction of sp³-hybridized carbons (Fsp3) is 1.00. The van der Waals surface area contributed by atoms with Crippen LogP contribution in [0, 0.1) is 5.92 Å². The summed E-state index contributed by atoms with van der Waals surface area (Å²) in [6.07, 6.45) is 0. The van der Waals surface area contributed by atoms with Gasteiger partial charge in [0.2, 0.25) is 0 Å². The van der Waals surface area contributed by atoms with Crippen LogP contribution in [0.3, 0.4) is 0 Å². The van der Waals surface area contributed by atoms with Crippen LogP contribution < -0.4 is 0 Å². The smallest absolute Gasteiger partial charge is 0.0468 e. The van der Waals surface area contributed by atoms with Crippen LogP contribution in [0.25, 0.3) is 0 Å². The number of likely N-dealkylation sites (N-methyl/N-ethyl adjacent to an activating group) is 3. The summed E-state index contributed by atoms with van der Waals surface area (Å²) >= 11 is 0. The van der Waals surface area contributed by atoms with Crippen molar-refractivity contribution >= 4 is 0 Å². The maximum absolute atomic E-state index is 8.96. The number of rotatable bonds is 9. The molecule has 0 bridgehead atoms. The van der Waals surface area contributed by atoms with Crippen molar-refractivity contribution in [3.05, 3.63) is 0 Å². The average Bonchev–Trinajstić information content (AvgIpc) is 2.23. The molecule has 16 heavy (non-hydrogen) atoms. The summed E-state index contributed by atoms with van der Waals surface area (Å²) in [7, 11) is 8.48. The van der Waals surface area contributed by atoms with Crippen LogP contribution >= 0.6 is 0 Å². The molecule has 0 fully saturated rings. The van der Waals surface area contributed by atoms with Gasteiger partial charge in [0.15, 0.2) is 0 Å². The molecule has 0 saturated heterocycles. The van der Waals surface area contributed by atoms with Crippen molar-refractivity contribution in [1.82, 2.24) is 14.7 Å². The highest BCUT2D eigenvalue weighted by Crippen LogP contribution is 1.96. The Bertz CT molecular complexity index is 164. The van der Waals surface area contributed by atoms with Crippen LogP contribution in [0.5, 0.6) is 0 Å². The lowest BCUT2D eigenvalue weighted by molar-refractivity contribution is 0.177. The first-order chi connectivity index (χ1) is 7.45. The fourth-order valence-electron chi connectivity index (χ4n) is 1.51. The quantitative estimate of drug-likeness (QED) is 0.607. The van der Waals surface area contributed by atoms with Gasteiger partial charge in [0.05, 0.1) is 0 Å². The number of hydrogen-bond donors (Lipinski definition) is 1. The fourth-order valence-corrected chi connectivity index (χ4v) is 1.51. The molecule has 1 atom stereocenters. The molecule has 0 aliphatic carbocycles. The van der Waals surface area contributed by atoms with Crippen molar-refractivity contribution in [2.24, 2.45) is 5.92 Å². The first kappa shape index (κ1) is 15.8. The van der Waals surface area contributed by atoms with Crippen molar-refractivity contribution in [3.63, 3.8) is 0 Å². The highest BCUT2D eigenvalue weighted by atomic mass is 16.3. The average molecular weight is 231 g/mol. The molecule has 1 unspecified atom stereocenters. The van der Waals surface area contributed by atoms with E-state index in [0.29, 0.717) is 5.92 Å². The second-order valence-electron chi connectivity index (χ2n) is 5.16. The third kappa shape index (κ3) is 9.09. The van der Waals surface area contributed by atoms with Crippen molar-refractivity contribution in [2.75, 3.05) is 67.5 Å². The first-order valence-corrected chi connectivity index (χ1v) is 6.08. The Morgan fingerprint density at radius 2 is 1.38 bits per heavy atom. The van der Waals surface area contributed by atoms with E-state index in [9.17, 15) is 0 Å². The van der Waals surface area contributed by atoms with E-state index in [4.69, 9.17) is 5.11 Å². The third-order valence-electron chi connectivity index (χ3n) is 2.73. The van der Waals surface area contributed by atoms with Crippen molar-refractivity contribution in [1.29, 1.82) is 0 Å². The summed E-state index contributed by atoms with van der Waals surface area (Å²) in [6, 6.07) is 0. The van der Waals surface area contributed by atoms with Crippen LogP contribution in [-0.2, 0) is 0 Å². The summed E-state index contributed by atoms with van der Waals surface area (Å²) in [6.45, 7) is 7.69. The summed E-state index contributed by atoms with van der Waals surface area (Å²) in [4.78, 5) is 6.83. The van der Waals surface area contributed by atoms with Gasteiger partial charge in [0, 0.05) is 39.3 Å². The van der Waals surface area contributed by atoms with E-state index < -0.39 is 0 Å². The second-order valence-corrected chi connectivity index (χ2v) is 5.16. The topological polar surface area (TPSA) is 30.0 Å². The van der Waals surface area contributed by atoms with Gasteiger partial charge in [-0.15, -0.1) is 0 Å². The number of aliphatic hydroxyl groups excluding tert-OH is 1. The van der Waals surface area contributed by atoms with E-state index in [1.54, 1.807) is 0 Å². The van der Waals surface area contributed by atoms with Gasteiger partial charge in [-0.05, 0) is 34.1 Å². The van der Waals surface area contributed by atoms with E-state index in [-0.39, 0.29) is 6.61 Å². The van der Waals surface area contributed by atoms with Gasteiger partial charge in [-0.1, -0.05) is 6.92 Å². The van der Waals surface area contributed by atoms with Gasteiger partial charge in [-0.25, -0.2) is 0 Å². The Kier molecular flexibility index (Phi) is 8.84. The standard InChI is InChI=1S/C12H29N3O/c1-12(11-16)10-15(5)9-8-14(4)7-6-13(2)3/h12,16H,6-11H2,1-5H3. The van der Waals surface area contributed by atoms with Gasteiger partial charge < -0.3 is 19.8 Å². The number of aliphatic hydroxyl groups is 1. The summed E-state index contributed by atoms with van der Waals surface area (Å²) < 4.78 is 0. The zero-order valence-corrected chi connectivity index (χ0v) is 11.6. The molecule has 0 heterocycles. The molecule has 0 saturated carbocycles. The van der Waals surface area contributed by atoms with Crippen LogP contribution in [0.2, 0.25) is 0 Å². The zero-order chi connectivity index (χ0) is 12.6.